The van der Waals surface area contributed by atoms with Crippen molar-refractivity contribution in [1.82, 2.24) is 9.80 Å². The fourth-order valence-electron chi connectivity index (χ4n) is 3.88. The van der Waals surface area contributed by atoms with Crippen molar-refractivity contribution in [3.05, 3.63) is 54.6 Å². The van der Waals surface area contributed by atoms with Gasteiger partial charge in [0.2, 0.25) is 0 Å². The maximum atomic E-state index is 12.5. The third-order valence-corrected chi connectivity index (χ3v) is 5.53. The largest absolute Gasteiger partial charge is 0.492 e. The first kappa shape index (κ1) is 18.6. The van der Waals surface area contributed by atoms with Crippen molar-refractivity contribution >= 4 is 17.4 Å². The normalized spacial score (nSPS) is 17.9. The highest BCUT2D eigenvalue weighted by Crippen LogP contribution is 2.26. The summed E-state index contributed by atoms with van der Waals surface area (Å²) in [5.41, 5.74) is 2.03. The molecular formula is C22H28N4O2. The number of nitrogens with one attached hydrogen (secondary N) is 1. The number of hydrogen-bond donors (Lipinski definition) is 1. The van der Waals surface area contributed by atoms with Gasteiger partial charge in [-0.1, -0.05) is 30.3 Å². The van der Waals surface area contributed by atoms with Gasteiger partial charge in [-0.25, -0.2) is 4.79 Å². The van der Waals surface area contributed by atoms with E-state index in [1.54, 1.807) is 0 Å². The smallest absolute Gasteiger partial charge is 0.322 e. The molecule has 6 heteroatoms. The minimum absolute atomic E-state index is 0.0497. The van der Waals surface area contributed by atoms with Crippen LogP contribution in [0.15, 0.2) is 54.6 Å². The van der Waals surface area contributed by atoms with Crippen LogP contribution in [0.3, 0.4) is 0 Å². The monoisotopic (exact) mass is 380 g/mol. The Morgan fingerprint density at radius 1 is 1.00 bits per heavy atom. The van der Waals surface area contributed by atoms with Gasteiger partial charge in [0.05, 0.1) is 12.3 Å². The highest BCUT2D eigenvalue weighted by Gasteiger charge is 2.36. The molecule has 1 N–H and O–H groups in total. The zero-order valence-electron chi connectivity index (χ0n) is 16.4. The second-order valence-electron chi connectivity index (χ2n) is 7.28. The van der Waals surface area contributed by atoms with Gasteiger partial charge >= 0.3 is 6.03 Å². The van der Waals surface area contributed by atoms with Crippen molar-refractivity contribution in [3.8, 4) is 5.75 Å². The van der Waals surface area contributed by atoms with Gasteiger partial charge in [0.15, 0.2) is 0 Å². The highest BCUT2D eigenvalue weighted by atomic mass is 16.5. The second-order valence-corrected chi connectivity index (χ2v) is 7.28. The number of likely N-dealkylation sites (tertiary alicyclic amines) is 1. The molecule has 0 saturated carbocycles. The quantitative estimate of drug-likeness (QED) is 0.866. The van der Waals surface area contributed by atoms with Crippen molar-refractivity contribution < 1.29 is 9.53 Å². The van der Waals surface area contributed by atoms with Crippen LogP contribution < -0.4 is 15.0 Å². The first-order chi connectivity index (χ1) is 13.7. The molecule has 2 saturated heterocycles. The number of rotatable bonds is 5. The van der Waals surface area contributed by atoms with E-state index in [-0.39, 0.29) is 6.03 Å². The van der Waals surface area contributed by atoms with Gasteiger partial charge in [-0.2, -0.15) is 0 Å². The van der Waals surface area contributed by atoms with Crippen LogP contribution in [-0.4, -0.2) is 67.7 Å². The molecule has 0 aromatic heterocycles. The molecule has 0 aliphatic carbocycles. The van der Waals surface area contributed by atoms with E-state index in [9.17, 15) is 4.79 Å². The average molecular weight is 380 g/mol. The minimum atomic E-state index is -0.0497. The number of ether oxygens (including phenoxy) is 1. The molecule has 0 spiro atoms. The third kappa shape index (κ3) is 4.07. The molecular weight excluding hydrogens is 352 g/mol. The Morgan fingerprint density at radius 3 is 2.39 bits per heavy atom. The molecule has 2 aromatic carbocycles. The van der Waals surface area contributed by atoms with Gasteiger partial charge in [-0.05, 0) is 31.2 Å². The maximum absolute atomic E-state index is 12.5. The Morgan fingerprint density at radius 2 is 1.68 bits per heavy atom. The molecule has 0 radical (unpaired) electrons. The molecule has 2 heterocycles. The van der Waals surface area contributed by atoms with Gasteiger partial charge in [0.1, 0.15) is 5.75 Å². The molecule has 2 fully saturated rings. The van der Waals surface area contributed by atoms with Crippen LogP contribution in [0.2, 0.25) is 0 Å². The lowest BCUT2D eigenvalue weighted by Gasteiger charge is -2.48. The number of para-hydroxylation sites is 3. The zero-order chi connectivity index (χ0) is 19.3. The summed E-state index contributed by atoms with van der Waals surface area (Å²) in [5.74, 6) is 0.715. The minimum Gasteiger partial charge on any atom is -0.492 e. The molecule has 0 bridgehead atoms. The van der Waals surface area contributed by atoms with E-state index in [1.165, 1.54) is 5.69 Å². The zero-order valence-corrected chi connectivity index (χ0v) is 16.4. The number of piperazine rings is 1. The molecule has 2 aromatic rings. The van der Waals surface area contributed by atoms with Crippen molar-refractivity contribution in [2.45, 2.75) is 13.0 Å². The van der Waals surface area contributed by atoms with E-state index in [2.05, 4.69) is 45.4 Å². The van der Waals surface area contributed by atoms with Crippen molar-refractivity contribution in [2.24, 2.45) is 0 Å². The molecule has 0 atom stereocenters. The SMILES string of the molecule is CCOc1ccccc1NC(=O)N1CC(N2CCN(c3ccccc3)CC2)C1. The molecule has 6 nitrogen and oxygen atoms in total. The van der Waals surface area contributed by atoms with Crippen molar-refractivity contribution in [2.75, 3.05) is 56.1 Å². The van der Waals surface area contributed by atoms with Gasteiger partial charge in [-0.3, -0.25) is 4.90 Å². The standard InChI is InChI=1S/C22H28N4O2/c1-2-28-21-11-7-6-10-20(21)23-22(27)26-16-19(17-26)25-14-12-24(13-15-25)18-8-4-3-5-9-18/h3-11,19H,2,12-17H2,1H3,(H,23,27). The van der Waals surface area contributed by atoms with E-state index in [0.29, 0.717) is 18.4 Å². The lowest BCUT2D eigenvalue weighted by Crippen LogP contribution is -2.64. The van der Waals surface area contributed by atoms with E-state index >= 15 is 0 Å². The van der Waals surface area contributed by atoms with Crippen LogP contribution in [-0.2, 0) is 0 Å². The summed E-state index contributed by atoms with van der Waals surface area (Å²) < 4.78 is 5.59. The predicted molar refractivity (Wildman–Crippen MR) is 112 cm³/mol. The first-order valence-corrected chi connectivity index (χ1v) is 10.1. The fourth-order valence-corrected chi connectivity index (χ4v) is 3.88. The fraction of sp³-hybridized carbons (Fsp3) is 0.409. The number of urea groups is 1. The summed E-state index contributed by atoms with van der Waals surface area (Å²) in [5, 5.41) is 2.98. The molecule has 2 amide bonds. The van der Waals surface area contributed by atoms with E-state index in [4.69, 9.17) is 4.74 Å². The van der Waals surface area contributed by atoms with Crippen LogP contribution in [0.4, 0.5) is 16.2 Å². The lowest BCUT2D eigenvalue weighted by molar-refractivity contribution is 0.0578. The predicted octanol–water partition coefficient (Wildman–Crippen LogP) is 3.12. The van der Waals surface area contributed by atoms with E-state index < -0.39 is 0 Å². The first-order valence-electron chi connectivity index (χ1n) is 10.1. The van der Waals surface area contributed by atoms with E-state index in [1.807, 2.05) is 36.1 Å². The van der Waals surface area contributed by atoms with Gasteiger partial charge in [0.25, 0.3) is 0 Å². The molecule has 2 aliphatic heterocycles. The highest BCUT2D eigenvalue weighted by molar-refractivity contribution is 5.91. The van der Waals surface area contributed by atoms with E-state index in [0.717, 1.165) is 45.0 Å². The van der Waals surface area contributed by atoms with Crippen LogP contribution in [0.1, 0.15) is 6.92 Å². The van der Waals surface area contributed by atoms with Gasteiger partial charge in [0, 0.05) is 51.0 Å². The Balaban J connectivity index is 1.24. The van der Waals surface area contributed by atoms with Crippen LogP contribution in [0.5, 0.6) is 5.75 Å². The number of amides is 2. The number of carbonyl (C=O) groups is 1. The average Bonchev–Trinajstić information content (AvgIpc) is 2.70. The Bertz CT molecular complexity index is 784. The summed E-state index contributed by atoms with van der Waals surface area (Å²) >= 11 is 0. The number of benzene rings is 2. The molecule has 4 rings (SSSR count). The van der Waals surface area contributed by atoms with Gasteiger partial charge in [-0.15, -0.1) is 0 Å². The summed E-state index contributed by atoms with van der Waals surface area (Å²) in [6.07, 6.45) is 0. The maximum Gasteiger partial charge on any atom is 0.322 e. The van der Waals surface area contributed by atoms with Crippen LogP contribution in [0, 0.1) is 0 Å². The van der Waals surface area contributed by atoms with Crippen molar-refractivity contribution in [1.29, 1.82) is 0 Å². The third-order valence-electron chi connectivity index (χ3n) is 5.53. The summed E-state index contributed by atoms with van der Waals surface area (Å²) in [6.45, 7) is 8.25. The lowest BCUT2D eigenvalue weighted by atomic mass is 10.1. The van der Waals surface area contributed by atoms with Crippen LogP contribution >= 0.6 is 0 Å². The number of hydrogen-bond acceptors (Lipinski definition) is 4. The summed E-state index contributed by atoms with van der Waals surface area (Å²) in [4.78, 5) is 19.4. The molecule has 148 valence electrons. The van der Waals surface area contributed by atoms with Crippen molar-refractivity contribution in [3.63, 3.8) is 0 Å². The van der Waals surface area contributed by atoms with Gasteiger partial charge < -0.3 is 19.9 Å². The number of nitrogens with zero attached hydrogens (tertiary/aromatic N) is 3. The topological polar surface area (TPSA) is 48.1 Å². The summed E-state index contributed by atoms with van der Waals surface area (Å²) in [7, 11) is 0. The summed E-state index contributed by atoms with van der Waals surface area (Å²) in [6, 6.07) is 18.6. The van der Waals surface area contributed by atoms with Crippen LogP contribution in [0.25, 0.3) is 0 Å². The Labute approximate surface area is 166 Å². The number of carbonyl (C=O) groups excluding carboxylic acids is 1. The Hall–Kier alpha value is -2.73. The Kier molecular flexibility index (Phi) is 5.67. The molecule has 2 aliphatic rings. The molecule has 28 heavy (non-hydrogen) atoms. The number of anilines is 2. The molecule has 0 unspecified atom stereocenters. The second kappa shape index (κ2) is 8.52.